The van der Waals surface area contributed by atoms with Crippen molar-refractivity contribution in [2.75, 3.05) is 5.32 Å². The maximum Gasteiger partial charge on any atom is 0.412 e. The van der Waals surface area contributed by atoms with Crippen LogP contribution in [0.1, 0.15) is 45.1 Å². The van der Waals surface area contributed by atoms with Gasteiger partial charge in [-0.2, -0.15) is 0 Å². The van der Waals surface area contributed by atoms with Gasteiger partial charge < -0.3 is 9.47 Å². The van der Waals surface area contributed by atoms with Crippen LogP contribution in [0.4, 0.5) is 10.5 Å². The number of hydrogen-bond acceptors (Lipinski definition) is 4. The molecule has 2 heterocycles. The summed E-state index contributed by atoms with van der Waals surface area (Å²) in [4.78, 5) is 23.8. The molecule has 1 aromatic carbocycles. The van der Waals surface area contributed by atoms with Crippen LogP contribution < -0.4 is 5.32 Å². The van der Waals surface area contributed by atoms with E-state index in [0.717, 1.165) is 10.9 Å². The molecule has 0 saturated carbocycles. The van der Waals surface area contributed by atoms with Crippen LogP contribution in [0, 0.1) is 0 Å². The van der Waals surface area contributed by atoms with E-state index in [4.69, 9.17) is 9.47 Å². The van der Waals surface area contributed by atoms with E-state index in [1.165, 1.54) is 0 Å². The summed E-state index contributed by atoms with van der Waals surface area (Å²) < 4.78 is 12.4. The number of benzene rings is 1. The smallest absolute Gasteiger partial charge is 0.412 e. The van der Waals surface area contributed by atoms with Crippen molar-refractivity contribution in [1.82, 2.24) is 4.57 Å². The number of amides is 1. The van der Waals surface area contributed by atoms with Gasteiger partial charge in [0.25, 0.3) is 0 Å². The minimum absolute atomic E-state index is 0.340. The molecular formula is C17H20N2O4. The summed E-state index contributed by atoms with van der Waals surface area (Å²) >= 11 is 0. The highest BCUT2D eigenvalue weighted by Gasteiger charge is 2.38. The second kappa shape index (κ2) is 4.75. The fourth-order valence-electron chi connectivity index (χ4n) is 2.77. The number of anilines is 1. The molecule has 122 valence electrons. The minimum Gasteiger partial charge on any atom is -0.444 e. The monoisotopic (exact) mass is 316 g/mol. The van der Waals surface area contributed by atoms with Crippen LogP contribution in [-0.4, -0.2) is 22.2 Å². The van der Waals surface area contributed by atoms with E-state index in [-0.39, 0.29) is 5.97 Å². The fourth-order valence-corrected chi connectivity index (χ4v) is 2.77. The van der Waals surface area contributed by atoms with Gasteiger partial charge in [-0.1, -0.05) is 0 Å². The summed E-state index contributed by atoms with van der Waals surface area (Å²) in [7, 11) is 0. The van der Waals surface area contributed by atoms with Crippen molar-refractivity contribution in [3.8, 4) is 0 Å². The third-order valence-electron chi connectivity index (χ3n) is 3.54. The molecular weight excluding hydrogens is 296 g/mol. The number of nitrogens with zero attached hydrogens (tertiary/aromatic N) is 1. The normalized spacial score (nSPS) is 16.1. The number of nitrogens with one attached hydrogen (secondary N) is 1. The molecule has 6 nitrogen and oxygen atoms in total. The Morgan fingerprint density at radius 3 is 2.61 bits per heavy atom. The van der Waals surface area contributed by atoms with Crippen LogP contribution in [0.2, 0.25) is 0 Å². The van der Waals surface area contributed by atoms with E-state index < -0.39 is 17.4 Å². The van der Waals surface area contributed by atoms with Gasteiger partial charge in [0.15, 0.2) is 5.72 Å². The Balaban J connectivity index is 1.93. The summed E-state index contributed by atoms with van der Waals surface area (Å²) in [5.41, 5.74) is 0.736. The number of rotatable bonds is 1. The standard InChI is InChI=1S/C17H20N2O4/c1-16(2,3)23-15(21)18-11-6-7-12-10(8-11)9-13-14(20)22-17(4,5)19(12)13/h6-9H,1-5H3,(H,18,21). The van der Waals surface area contributed by atoms with Crippen LogP contribution in [-0.2, 0) is 15.2 Å². The van der Waals surface area contributed by atoms with E-state index in [2.05, 4.69) is 5.32 Å². The molecule has 1 aliphatic heterocycles. The van der Waals surface area contributed by atoms with Gasteiger partial charge in [-0.05, 0) is 58.9 Å². The summed E-state index contributed by atoms with van der Waals surface area (Å²) in [6.45, 7) is 9.10. The number of fused-ring (bicyclic) bond motifs is 3. The molecule has 0 bridgehead atoms. The maximum atomic E-state index is 11.9. The van der Waals surface area contributed by atoms with Crippen molar-refractivity contribution >= 4 is 28.7 Å². The minimum atomic E-state index is -0.714. The second-order valence-electron chi connectivity index (χ2n) is 7.10. The van der Waals surface area contributed by atoms with E-state index in [1.807, 2.05) is 51.3 Å². The van der Waals surface area contributed by atoms with Crippen molar-refractivity contribution in [2.24, 2.45) is 0 Å². The highest BCUT2D eigenvalue weighted by molar-refractivity contribution is 5.99. The lowest BCUT2D eigenvalue weighted by Gasteiger charge is -2.21. The molecule has 1 aliphatic rings. The van der Waals surface area contributed by atoms with Crippen LogP contribution in [0.5, 0.6) is 0 Å². The molecule has 0 unspecified atom stereocenters. The number of carbonyl (C=O) groups excluding carboxylic acids is 2. The van der Waals surface area contributed by atoms with Crippen LogP contribution in [0.3, 0.4) is 0 Å². The highest BCUT2D eigenvalue weighted by Crippen LogP contribution is 2.36. The predicted octanol–water partition coefficient (Wildman–Crippen LogP) is 3.85. The maximum absolute atomic E-state index is 11.9. The molecule has 0 aliphatic carbocycles. The number of aromatic nitrogens is 1. The zero-order valence-corrected chi connectivity index (χ0v) is 13.9. The number of esters is 1. The molecule has 1 aromatic heterocycles. The Kier molecular flexibility index (Phi) is 3.18. The fraction of sp³-hybridized carbons (Fsp3) is 0.412. The molecule has 1 N–H and O–H groups in total. The summed E-state index contributed by atoms with van der Waals surface area (Å²) in [6, 6.07) is 7.22. The Bertz CT molecular complexity index is 812. The third kappa shape index (κ3) is 2.76. The van der Waals surface area contributed by atoms with E-state index in [9.17, 15) is 9.59 Å². The van der Waals surface area contributed by atoms with Gasteiger partial charge in [0, 0.05) is 11.1 Å². The average molecular weight is 316 g/mol. The molecule has 0 spiro atoms. The Labute approximate surface area is 134 Å². The molecule has 6 heteroatoms. The SMILES string of the molecule is CC(C)(C)OC(=O)Nc1ccc2c(c1)cc1n2C(C)(C)OC1=O. The first-order valence-electron chi connectivity index (χ1n) is 7.46. The average Bonchev–Trinajstić information content (AvgIpc) is 2.83. The lowest BCUT2D eigenvalue weighted by molar-refractivity contribution is -0.0163. The number of carbonyl (C=O) groups is 2. The molecule has 23 heavy (non-hydrogen) atoms. The lowest BCUT2D eigenvalue weighted by atomic mass is 10.2. The topological polar surface area (TPSA) is 69.6 Å². The van der Waals surface area contributed by atoms with Crippen LogP contribution >= 0.6 is 0 Å². The zero-order chi connectivity index (χ0) is 17.0. The summed E-state index contributed by atoms with van der Waals surface area (Å²) in [6.07, 6.45) is -0.511. The van der Waals surface area contributed by atoms with Gasteiger partial charge in [-0.15, -0.1) is 0 Å². The van der Waals surface area contributed by atoms with E-state index in [0.29, 0.717) is 11.4 Å². The Morgan fingerprint density at radius 2 is 1.96 bits per heavy atom. The van der Waals surface area contributed by atoms with Gasteiger partial charge in [0.2, 0.25) is 0 Å². The predicted molar refractivity (Wildman–Crippen MR) is 86.5 cm³/mol. The number of ether oxygens (including phenoxy) is 2. The van der Waals surface area contributed by atoms with Crippen LogP contribution in [0.15, 0.2) is 24.3 Å². The van der Waals surface area contributed by atoms with Crippen molar-refractivity contribution in [3.05, 3.63) is 30.0 Å². The van der Waals surface area contributed by atoms with Crippen molar-refractivity contribution in [1.29, 1.82) is 0 Å². The summed E-state index contributed by atoms with van der Waals surface area (Å²) in [5, 5.41) is 3.56. The Hall–Kier alpha value is -2.50. The Morgan fingerprint density at radius 1 is 1.26 bits per heavy atom. The van der Waals surface area contributed by atoms with E-state index >= 15 is 0 Å². The van der Waals surface area contributed by atoms with Gasteiger partial charge in [-0.25, -0.2) is 9.59 Å². The van der Waals surface area contributed by atoms with Crippen molar-refractivity contribution in [3.63, 3.8) is 0 Å². The first-order chi connectivity index (χ1) is 10.6. The lowest BCUT2D eigenvalue weighted by Crippen LogP contribution is -2.27. The highest BCUT2D eigenvalue weighted by atomic mass is 16.6. The first-order valence-corrected chi connectivity index (χ1v) is 7.46. The second-order valence-corrected chi connectivity index (χ2v) is 7.10. The third-order valence-corrected chi connectivity index (χ3v) is 3.54. The number of hydrogen-bond donors (Lipinski definition) is 1. The van der Waals surface area contributed by atoms with Crippen molar-refractivity contribution < 1.29 is 19.1 Å². The first kappa shape index (κ1) is 15.4. The molecule has 3 rings (SSSR count). The van der Waals surface area contributed by atoms with Gasteiger partial charge >= 0.3 is 12.1 Å². The largest absolute Gasteiger partial charge is 0.444 e. The quantitative estimate of drug-likeness (QED) is 0.811. The van der Waals surface area contributed by atoms with Gasteiger partial charge in [0.1, 0.15) is 11.3 Å². The molecule has 0 atom stereocenters. The number of cyclic esters (lactones) is 1. The molecule has 0 fully saturated rings. The zero-order valence-electron chi connectivity index (χ0n) is 13.9. The molecule has 0 radical (unpaired) electrons. The molecule has 0 saturated heterocycles. The van der Waals surface area contributed by atoms with Gasteiger partial charge in [-0.3, -0.25) is 9.88 Å². The van der Waals surface area contributed by atoms with Crippen LogP contribution in [0.25, 0.3) is 10.9 Å². The van der Waals surface area contributed by atoms with Crippen molar-refractivity contribution in [2.45, 2.75) is 45.9 Å². The molecule has 1 amide bonds. The van der Waals surface area contributed by atoms with E-state index in [1.54, 1.807) is 12.1 Å². The molecule has 2 aromatic rings. The van der Waals surface area contributed by atoms with Gasteiger partial charge in [0.05, 0.1) is 5.52 Å². The summed E-state index contributed by atoms with van der Waals surface area (Å²) in [5.74, 6) is -0.340.